The van der Waals surface area contributed by atoms with Gasteiger partial charge in [0.25, 0.3) is 10.0 Å². The van der Waals surface area contributed by atoms with Crippen LogP contribution < -0.4 is 19.1 Å². The third kappa shape index (κ3) is 7.75. The van der Waals surface area contributed by atoms with Crippen molar-refractivity contribution in [1.29, 1.82) is 0 Å². The third-order valence-electron chi connectivity index (χ3n) is 6.23. The summed E-state index contributed by atoms with van der Waals surface area (Å²) in [4.78, 5) is 28.1. The predicted molar refractivity (Wildman–Crippen MR) is 155 cm³/mol. The summed E-state index contributed by atoms with van der Waals surface area (Å²) >= 11 is 0. The van der Waals surface area contributed by atoms with Crippen LogP contribution in [0, 0.1) is 5.82 Å². The molecule has 9 nitrogen and oxygen atoms in total. The maximum absolute atomic E-state index is 14.7. The molecule has 1 N–H and O–H groups in total. The van der Waals surface area contributed by atoms with Crippen LogP contribution in [-0.2, 0) is 26.2 Å². The number of anilines is 1. The second kappa shape index (κ2) is 13.0. The highest BCUT2D eigenvalue weighted by Gasteiger charge is 2.34. The highest BCUT2D eigenvalue weighted by atomic mass is 32.2. The van der Waals surface area contributed by atoms with Crippen LogP contribution in [0.15, 0.2) is 77.7 Å². The molecule has 0 aliphatic rings. The van der Waals surface area contributed by atoms with E-state index in [-0.39, 0.29) is 28.4 Å². The maximum atomic E-state index is 14.7. The highest BCUT2D eigenvalue weighted by Crippen LogP contribution is 2.32. The van der Waals surface area contributed by atoms with Gasteiger partial charge in [0.1, 0.15) is 18.4 Å². The van der Waals surface area contributed by atoms with Crippen LogP contribution in [-0.4, -0.2) is 57.5 Å². The molecule has 3 rings (SSSR count). The van der Waals surface area contributed by atoms with Crippen LogP contribution in [0.5, 0.6) is 11.5 Å². The van der Waals surface area contributed by atoms with Gasteiger partial charge in [-0.15, -0.1) is 0 Å². The number of amides is 2. The monoisotopic (exact) mass is 585 g/mol. The fourth-order valence-electron chi connectivity index (χ4n) is 4.09. The number of methoxy groups -OCH3 is 2. The Kier molecular flexibility index (Phi) is 9.98. The van der Waals surface area contributed by atoms with E-state index in [0.29, 0.717) is 5.75 Å². The average molecular weight is 586 g/mol. The predicted octanol–water partition coefficient (Wildman–Crippen LogP) is 4.37. The summed E-state index contributed by atoms with van der Waals surface area (Å²) < 4.78 is 54.1. The van der Waals surface area contributed by atoms with Crippen molar-refractivity contribution >= 4 is 27.5 Å². The first-order chi connectivity index (χ1) is 19.3. The van der Waals surface area contributed by atoms with Crippen LogP contribution in [0.1, 0.15) is 33.3 Å². The molecule has 220 valence electrons. The molecule has 0 aromatic heterocycles. The lowest BCUT2D eigenvalue weighted by Gasteiger charge is -2.33. The van der Waals surface area contributed by atoms with E-state index >= 15 is 0 Å². The summed E-state index contributed by atoms with van der Waals surface area (Å²) in [6.45, 7) is 6.02. The molecule has 0 aliphatic carbocycles. The Morgan fingerprint density at radius 3 is 2.12 bits per heavy atom. The van der Waals surface area contributed by atoms with Gasteiger partial charge in [-0.2, -0.15) is 0 Å². The molecule has 3 aromatic rings. The van der Waals surface area contributed by atoms with E-state index in [1.165, 1.54) is 62.4 Å². The molecule has 0 heterocycles. The number of carbonyl (C=O) groups is 2. The topological polar surface area (TPSA) is 105 Å². The smallest absolute Gasteiger partial charge is 0.264 e. The number of carbonyl (C=O) groups excluding carboxylic acids is 2. The number of benzene rings is 3. The molecule has 11 heteroatoms. The summed E-state index contributed by atoms with van der Waals surface area (Å²) in [6, 6.07) is 17.1. The van der Waals surface area contributed by atoms with Crippen molar-refractivity contribution in [3.8, 4) is 11.5 Å². The van der Waals surface area contributed by atoms with Crippen LogP contribution in [0.25, 0.3) is 0 Å². The van der Waals surface area contributed by atoms with Gasteiger partial charge in [0.2, 0.25) is 11.8 Å². The Morgan fingerprint density at radius 1 is 0.927 bits per heavy atom. The number of sulfonamides is 1. The van der Waals surface area contributed by atoms with E-state index in [1.54, 1.807) is 57.2 Å². The molecule has 0 fully saturated rings. The Labute approximate surface area is 240 Å². The second-order valence-corrected chi connectivity index (χ2v) is 12.3. The van der Waals surface area contributed by atoms with Gasteiger partial charge in [-0.25, -0.2) is 12.8 Å². The Balaban J connectivity index is 2.06. The molecule has 0 saturated carbocycles. The molecule has 3 aromatic carbocycles. The van der Waals surface area contributed by atoms with E-state index < -0.39 is 45.8 Å². The molecule has 0 bridgehead atoms. The fraction of sp³-hybridized carbons (Fsp3) is 0.333. The molecular weight excluding hydrogens is 549 g/mol. The lowest BCUT2D eigenvalue weighted by Crippen LogP contribution is -2.54. The molecule has 0 saturated heterocycles. The van der Waals surface area contributed by atoms with Gasteiger partial charge in [-0.3, -0.25) is 13.9 Å². The van der Waals surface area contributed by atoms with Crippen molar-refractivity contribution in [2.75, 3.05) is 25.1 Å². The number of rotatable bonds is 11. The normalized spacial score (nSPS) is 12.3. The summed E-state index contributed by atoms with van der Waals surface area (Å²) in [7, 11) is -1.50. The number of hydrogen-bond donors (Lipinski definition) is 1. The SMILES string of the molecule is COc1ccc(S(=O)(=O)N(CC(=O)N(Cc2ccccc2F)[C@@H](C)C(=O)NC(C)(C)C)c2ccccc2)cc1OC. The van der Waals surface area contributed by atoms with Crippen LogP contribution >= 0.6 is 0 Å². The molecule has 2 amide bonds. The van der Waals surface area contributed by atoms with Gasteiger partial charge < -0.3 is 19.7 Å². The lowest BCUT2D eigenvalue weighted by molar-refractivity contribution is -0.140. The van der Waals surface area contributed by atoms with Crippen molar-refractivity contribution < 1.29 is 31.9 Å². The van der Waals surface area contributed by atoms with Gasteiger partial charge in [-0.1, -0.05) is 36.4 Å². The minimum Gasteiger partial charge on any atom is -0.493 e. The number of ether oxygens (including phenoxy) is 2. The van der Waals surface area contributed by atoms with Crippen molar-refractivity contribution in [2.24, 2.45) is 0 Å². The Morgan fingerprint density at radius 2 is 1.54 bits per heavy atom. The first-order valence-corrected chi connectivity index (χ1v) is 14.4. The van der Waals surface area contributed by atoms with Crippen molar-refractivity contribution in [3.63, 3.8) is 0 Å². The summed E-state index contributed by atoms with van der Waals surface area (Å²) in [5.74, 6) is -1.18. The third-order valence-corrected chi connectivity index (χ3v) is 8.00. The molecule has 1 atom stereocenters. The number of hydrogen-bond acceptors (Lipinski definition) is 6. The van der Waals surface area contributed by atoms with Crippen LogP contribution in [0.4, 0.5) is 10.1 Å². The van der Waals surface area contributed by atoms with Gasteiger partial charge in [0, 0.05) is 23.7 Å². The molecule has 0 spiro atoms. The quantitative estimate of drug-likeness (QED) is 0.358. The average Bonchev–Trinajstić information content (AvgIpc) is 2.94. The van der Waals surface area contributed by atoms with E-state index in [4.69, 9.17) is 9.47 Å². The van der Waals surface area contributed by atoms with E-state index in [2.05, 4.69) is 5.32 Å². The molecular formula is C30H36FN3O6S. The first-order valence-electron chi connectivity index (χ1n) is 12.9. The van der Waals surface area contributed by atoms with Crippen molar-refractivity contribution in [2.45, 2.75) is 50.7 Å². The highest BCUT2D eigenvalue weighted by molar-refractivity contribution is 7.92. The Hall–Kier alpha value is -4.12. The second-order valence-electron chi connectivity index (χ2n) is 10.4. The molecule has 41 heavy (non-hydrogen) atoms. The largest absolute Gasteiger partial charge is 0.493 e. The fourth-order valence-corrected chi connectivity index (χ4v) is 5.52. The zero-order chi connectivity index (χ0) is 30.4. The zero-order valence-corrected chi connectivity index (χ0v) is 24.9. The molecule has 0 radical (unpaired) electrons. The van der Waals surface area contributed by atoms with E-state index in [0.717, 1.165) is 4.31 Å². The standard InChI is InChI=1S/C30H36FN3O6S/c1-21(29(36)32-30(2,3)4)33(19-22-12-10-11-15-25(22)31)28(35)20-34(23-13-8-7-9-14-23)41(37,38)24-16-17-26(39-5)27(18-24)40-6/h7-18,21H,19-20H2,1-6H3,(H,32,36)/t21-/m0/s1. The van der Waals surface area contributed by atoms with Crippen molar-refractivity contribution in [1.82, 2.24) is 10.2 Å². The molecule has 0 unspecified atom stereocenters. The first kappa shape index (κ1) is 31.4. The summed E-state index contributed by atoms with van der Waals surface area (Å²) in [5.41, 5.74) is -0.177. The van der Waals surface area contributed by atoms with E-state index in [1.807, 2.05) is 0 Å². The van der Waals surface area contributed by atoms with Gasteiger partial charge >= 0.3 is 0 Å². The van der Waals surface area contributed by atoms with Gasteiger partial charge in [-0.05, 0) is 58.0 Å². The lowest BCUT2D eigenvalue weighted by atomic mass is 10.1. The number of nitrogens with zero attached hydrogens (tertiary/aromatic N) is 2. The van der Waals surface area contributed by atoms with Crippen molar-refractivity contribution in [3.05, 3.63) is 84.2 Å². The number of para-hydroxylation sites is 1. The van der Waals surface area contributed by atoms with Gasteiger partial charge in [0.15, 0.2) is 11.5 Å². The van der Waals surface area contributed by atoms with Gasteiger partial charge in [0.05, 0.1) is 24.8 Å². The number of halogens is 1. The zero-order valence-electron chi connectivity index (χ0n) is 24.0. The van der Waals surface area contributed by atoms with Crippen LogP contribution in [0.3, 0.4) is 0 Å². The minimum atomic E-state index is -4.32. The summed E-state index contributed by atoms with van der Waals surface area (Å²) in [5, 5.41) is 2.84. The number of nitrogens with one attached hydrogen (secondary N) is 1. The maximum Gasteiger partial charge on any atom is 0.264 e. The van der Waals surface area contributed by atoms with E-state index in [9.17, 15) is 22.4 Å². The summed E-state index contributed by atoms with van der Waals surface area (Å²) in [6.07, 6.45) is 0. The molecule has 0 aliphatic heterocycles. The van der Waals surface area contributed by atoms with Crippen LogP contribution in [0.2, 0.25) is 0 Å². The minimum absolute atomic E-state index is 0.133. The Bertz CT molecular complexity index is 1480.